The molecule has 0 bridgehead atoms. The molecule has 0 aliphatic rings. The number of aromatic nitrogens is 2. The van der Waals surface area contributed by atoms with E-state index in [1.165, 1.54) is 0 Å². The lowest BCUT2D eigenvalue weighted by Gasteiger charge is -2.10. The number of carbonyl (C=O) groups excluding carboxylic acids is 1. The van der Waals surface area contributed by atoms with Crippen LogP contribution in [0.5, 0.6) is 5.75 Å². The molecule has 8 heteroatoms. The lowest BCUT2D eigenvalue weighted by molar-refractivity contribution is 0.102. The van der Waals surface area contributed by atoms with E-state index in [1.807, 2.05) is 61.0 Å². The number of anilines is 1. The third-order valence-electron chi connectivity index (χ3n) is 5.33. The number of hydrogen-bond acceptors (Lipinski definition) is 3. The van der Waals surface area contributed by atoms with Crippen molar-refractivity contribution in [3.05, 3.63) is 110 Å². The van der Waals surface area contributed by atoms with Crippen molar-refractivity contribution in [3.8, 4) is 5.75 Å². The van der Waals surface area contributed by atoms with E-state index in [-0.39, 0.29) is 5.91 Å². The molecule has 1 aromatic heterocycles. The molecule has 1 heterocycles. The molecule has 174 valence electrons. The van der Waals surface area contributed by atoms with Crippen LogP contribution in [0.25, 0.3) is 0 Å². The fourth-order valence-electron chi connectivity index (χ4n) is 3.55. The average molecular weight is 515 g/mol. The van der Waals surface area contributed by atoms with Gasteiger partial charge in [-0.05, 0) is 67.4 Å². The van der Waals surface area contributed by atoms with Crippen molar-refractivity contribution in [2.45, 2.75) is 27.0 Å². The van der Waals surface area contributed by atoms with Crippen LogP contribution in [0.15, 0.2) is 66.7 Å². The summed E-state index contributed by atoms with van der Waals surface area (Å²) in [4.78, 5) is 13.0. The van der Waals surface area contributed by atoms with E-state index >= 15 is 0 Å². The summed E-state index contributed by atoms with van der Waals surface area (Å²) in [5.74, 6) is 0.452. The smallest absolute Gasteiger partial charge is 0.255 e. The SMILES string of the molecule is Cc1nn(Cc2ccc(Cl)c(Cl)c2)c(C)c1NC(=O)c1cccc(COc2cccc(Cl)c2)c1. The minimum absolute atomic E-state index is 0.218. The molecule has 4 aromatic rings. The van der Waals surface area contributed by atoms with Gasteiger partial charge >= 0.3 is 0 Å². The van der Waals surface area contributed by atoms with Crippen LogP contribution < -0.4 is 10.1 Å². The molecule has 0 unspecified atom stereocenters. The van der Waals surface area contributed by atoms with Crippen molar-refractivity contribution in [1.82, 2.24) is 9.78 Å². The fraction of sp³-hybridized carbons (Fsp3) is 0.154. The number of ether oxygens (including phenoxy) is 1. The lowest BCUT2D eigenvalue weighted by Crippen LogP contribution is -2.14. The highest BCUT2D eigenvalue weighted by molar-refractivity contribution is 6.42. The van der Waals surface area contributed by atoms with Crippen LogP contribution in [0, 0.1) is 13.8 Å². The van der Waals surface area contributed by atoms with Gasteiger partial charge in [-0.25, -0.2) is 0 Å². The summed E-state index contributed by atoms with van der Waals surface area (Å²) >= 11 is 18.2. The number of nitrogens with zero attached hydrogens (tertiary/aromatic N) is 2. The molecule has 0 aliphatic heterocycles. The maximum absolute atomic E-state index is 13.0. The van der Waals surface area contributed by atoms with Gasteiger partial charge in [0.15, 0.2) is 0 Å². The van der Waals surface area contributed by atoms with Crippen molar-refractivity contribution in [3.63, 3.8) is 0 Å². The Morgan fingerprint density at radius 1 is 0.941 bits per heavy atom. The Morgan fingerprint density at radius 2 is 1.74 bits per heavy atom. The molecule has 5 nitrogen and oxygen atoms in total. The number of benzene rings is 3. The minimum atomic E-state index is -0.218. The van der Waals surface area contributed by atoms with Gasteiger partial charge in [-0.2, -0.15) is 5.10 Å². The van der Waals surface area contributed by atoms with E-state index in [0.29, 0.717) is 45.2 Å². The highest BCUT2D eigenvalue weighted by Crippen LogP contribution is 2.25. The number of nitrogens with one attached hydrogen (secondary N) is 1. The van der Waals surface area contributed by atoms with Crippen LogP contribution in [-0.4, -0.2) is 15.7 Å². The van der Waals surface area contributed by atoms with E-state index in [0.717, 1.165) is 22.5 Å². The molecule has 4 rings (SSSR count). The quantitative estimate of drug-likeness (QED) is 0.281. The molecule has 0 radical (unpaired) electrons. The van der Waals surface area contributed by atoms with Crippen LogP contribution in [0.4, 0.5) is 5.69 Å². The molecular formula is C26H22Cl3N3O2. The third-order valence-corrected chi connectivity index (χ3v) is 6.30. The Morgan fingerprint density at radius 3 is 2.50 bits per heavy atom. The van der Waals surface area contributed by atoms with Gasteiger partial charge in [0.1, 0.15) is 12.4 Å². The van der Waals surface area contributed by atoms with Gasteiger partial charge in [0.05, 0.1) is 33.7 Å². The summed E-state index contributed by atoms with van der Waals surface area (Å²) in [5.41, 5.74) is 4.62. The van der Waals surface area contributed by atoms with Crippen LogP contribution in [0.3, 0.4) is 0 Å². The summed E-state index contributed by atoms with van der Waals surface area (Å²) in [5, 5.41) is 9.20. The molecule has 1 amide bonds. The number of amides is 1. The number of halogens is 3. The Kier molecular flexibility index (Phi) is 7.47. The topological polar surface area (TPSA) is 56.2 Å². The first-order valence-corrected chi connectivity index (χ1v) is 11.7. The molecule has 34 heavy (non-hydrogen) atoms. The van der Waals surface area contributed by atoms with Crippen molar-refractivity contribution >= 4 is 46.4 Å². The van der Waals surface area contributed by atoms with Crippen molar-refractivity contribution in [1.29, 1.82) is 0 Å². The normalized spacial score (nSPS) is 10.9. The monoisotopic (exact) mass is 513 g/mol. The lowest BCUT2D eigenvalue weighted by atomic mass is 10.1. The van der Waals surface area contributed by atoms with E-state index in [2.05, 4.69) is 10.4 Å². The van der Waals surface area contributed by atoms with Crippen molar-refractivity contribution in [2.24, 2.45) is 0 Å². The summed E-state index contributed by atoms with van der Waals surface area (Å²) in [7, 11) is 0. The zero-order valence-corrected chi connectivity index (χ0v) is 20.9. The minimum Gasteiger partial charge on any atom is -0.489 e. The highest BCUT2D eigenvalue weighted by atomic mass is 35.5. The molecule has 0 atom stereocenters. The molecule has 0 fully saturated rings. The Bertz CT molecular complexity index is 1350. The number of carbonyl (C=O) groups is 1. The number of aryl methyl sites for hydroxylation is 1. The van der Waals surface area contributed by atoms with Crippen LogP contribution in [0.2, 0.25) is 15.1 Å². The van der Waals surface area contributed by atoms with Crippen LogP contribution in [-0.2, 0) is 13.2 Å². The van der Waals surface area contributed by atoms with E-state index in [9.17, 15) is 4.79 Å². The fourth-order valence-corrected chi connectivity index (χ4v) is 4.06. The summed E-state index contributed by atoms with van der Waals surface area (Å²) in [6.07, 6.45) is 0. The largest absolute Gasteiger partial charge is 0.489 e. The summed E-state index contributed by atoms with van der Waals surface area (Å²) < 4.78 is 7.63. The second-order valence-corrected chi connectivity index (χ2v) is 9.10. The summed E-state index contributed by atoms with van der Waals surface area (Å²) in [6, 6.07) is 20.0. The summed E-state index contributed by atoms with van der Waals surface area (Å²) in [6.45, 7) is 4.61. The van der Waals surface area contributed by atoms with E-state index in [1.54, 1.807) is 24.3 Å². The Balaban J connectivity index is 1.46. The standard InChI is InChI=1S/C26H22Cl3N3O2/c1-16-25(17(2)32(31-16)14-18-9-10-23(28)24(29)12-18)30-26(33)20-6-3-5-19(11-20)15-34-22-8-4-7-21(27)13-22/h3-13H,14-15H2,1-2H3,(H,30,33). The van der Waals surface area contributed by atoms with Crippen molar-refractivity contribution < 1.29 is 9.53 Å². The second kappa shape index (κ2) is 10.5. The van der Waals surface area contributed by atoms with Gasteiger partial charge in [0.2, 0.25) is 0 Å². The van der Waals surface area contributed by atoms with Crippen LogP contribution >= 0.6 is 34.8 Å². The highest BCUT2D eigenvalue weighted by Gasteiger charge is 2.16. The predicted molar refractivity (Wildman–Crippen MR) is 137 cm³/mol. The average Bonchev–Trinajstić information content (AvgIpc) is 3.07. The van der Waals surface area contributed by atoms with Crippen molar-refractivity contribution in [2.75, 3.05) is 5.32 Å². The first kappa shape index (κ1) is 24.1. The molecule has 3 aromatic carbocycles. The van der Waals surface area contributed by atoms with Gasteiger partial charge < -0.3 is 10.1 Å². The second-order valence-electron chi connectivity index (χ2n) is 7.85. The first-order valence-electron chi connectivity index (χ1n) is 10.6. The molecule has 0 aliphatic carbocycles. The first-order chi connectivity index (χ1) is 16.3. The Labute approximate surface area is 213 Å². The molecule has 0 spiro atoms. The van der Waals surface area contributed by atoms with Gasteiger partial charge in [-0.1, -0.05) is 59.1 Å². The Hall–Kier alpha value is -2.99. The number of rotatable bonds is 7. The molecule has 0 saturated heterocycles. The number of hydrogen-bond donors (Lipinski definition) is 1. The van der Waals surface area contributed by atoms with Gasteiger partial charge in [-0.3, -0.25) is 9.48 Å². The zero-order valence-electron chi connectivity index (χ0n) is 18.6. The van der Waals surface area contributed by atoms with E-state index < -0.39 is 0 Å². The third kappa shape index (κ3) is 5.73. The van der Waals surface area contributed by atoms with Gasteiger partial charge in [0, 0.05) is 10.6 Å². The molecular weight excluding hydrogens is 493 g/mol. The molecule has 1 N–H and O–H groups in total. The van der Waals surface area contributed by atoms with E-state index in [4.69, 9.17) is 39.5 Å². The molecule has 0 saturated carbocycles. The van der Waals surface area contributed by atoms with Gasteiger partial charge in [0.25, 0.3) is 5.91 Å². The maximum atomic E-state index is 13.0. The zero-order chi connectivity index (χ0) is 24.2. The van der Waals surface area contributed by atoms with Crippen LogP contribution in [0.1, 0.15) is 32.9 Å². The predicted octanol–water partition coefficient (Wildman–Crippen LogP) is 7.34. The van der Waals surface area contributed by atoms with Gasteiger partial charge in [-0.15, -0.1) is 0 Å². The maximum Gasteiger partial charge on any atom is 0.255 e.